The molecule has 1 N–H and O–H groups in total. The Balaban J connectivity index is 2.62. The van der Waals surface area contributed by atoms with E-state index in [-0.39, 0.29) is 17.7 Å². The first-order valence-corrected chi connectivity index (χ1v) is 5.72. The first kappa shape index (κ1) is 13.9. The zero-order valence-electron chi connectivity index (χ0n) is 10.6. The molecule has 0 aliphatic carbocycles. The van der Waals surface area contributed by atoms with Crippen LogP contribution < -0.4 is 4.74 Å². The second-order valence-electron chi connectivity index (χ2n) is 4.31. The number of aliphatic hydroxyl groups excluding tert-OH is 1. The maximum absolute atomic E-state index is 13.8. The molecule has 96 valence electrons. The normalized spacial score (nSPS) is 12.8. The summed E-state index contributed by atoms with van der Waals surface area (Å²) in [4.78, 5) is 1.98. The van der Waals surface area contributed by atoms with Crippen molar-refractivity contribution in [2.75, 3.05) is 20.7 Å². The molecule has 0 saturated heterocycles. The summed E-state index contributed by atoms with van der Waals surface area (Å²) >= 11 is 0. The van der Waals surface area contributed by atoms with Gasteiger partial charge >= 0.3 is 0 Å². The summed E-state index contributed by atoms with van der Waals surface area (Å²) in [6.07, 6.45) is 0.356. The predicted molar refractivity (Wildman–Crippen MR) is 65.6 cm³/mol. The fourth-order valence-corrected chi connectivity index (χ4v) is 1.61. The third-order valence-electron chi connectivity index (χ3n) is 2.63. The number of methoxy groups -OCH3 is 1. The van der Waals surface area contributed by atoms with E-state index in [2.05, 4.69) is 0 Å². The van der Waals surface area contributed by atoms with Gasteiger partial charge in [0.05, 0.1) is 13.2 Å². The predicted octanol–water partition coefficient (Wildman–Crippen LogP) is 2.04. The Morgan fingerprint density at radius 1 is 1.47 bits per heavy atom. The van der Waals surface area contributed by atoms with Gasteiger partial charge in [0.15, 0.2) is 11.6 Å². The van der Waals surface area contributed by atoms with Crippen LogP contribution in [0.3, 0.4) is 0 Å². The molecule has 1 unspecified atom stereocenters. The highest BCUT2D eigenvalue weighted by Crippen LogP contribution is 2.20. The van der Waals surface area contributed by atoms with Gasteiger partial charge in [-0.15, -0.1) is 0 Å². The van der Waals surface area contributed by atoms with E-state index in [1.54, 1.807) is 25.1 Å². The minimum absolute atomic E-state index is 0.270. The van der Waals surface area contributed by atoms with Gasteiger partial charge in [-0.3, -0.25) is 0 Å². The number of rotatable bonds is 6. The first-order valence-electron chi connectivity index (χ1n) is 5.72. The number of benzene rings is 1. The Hall–Kier alpha value is -1.13. The summed E-state index contributed by atoms with van der Waals surface area (Å²) in [5, 5.41) is 9.18. The maximum Gasteiger partial charge on any atom is 0.169 e. The third-order valence-corrected chi connectivity index (χ3v) is 2.63. The summed E-state index contributed by atoms with van der Waals surface area (Å²) in [6, 6.07) is 5.13. The van der Waals surface area contributed by atoms with E-state index in [4.69, 9.17) is 4.74 Å². The van der Waals surface area contributed by atoms with Crippen LogP contribution in [0.5, 0.6) is 5.75 Å². The molecule has 1 aromatic rings. The molecule has 0 saturated carbocycles. The molecular formula is C13H20FNO2. The van der Waals surface area contributed by atoms with Crippen molar-refractivity contribution < 1.29 is 14.2 Å². The number of hydrogen-bond donors (Lipinski definition) is 1. The summed E-state index contributed by atoms with van der Waals surface area (Å²) < 4.78 is 18.8. The van der Waals surface area contributed by atoms with E-state index < -0.39 is 0 Å². The van der Waals surface area contributed by atoms with Crippen LogP contribution in [0.1, 0.15) is 18.9 Å². The molecule has 3 nitrogen and oxygen atoms in total. The van der Waals surface area contributed by atoms with Gasteiger partial charge in [-0.05, 0) is 26.5 Å². The molecule has 0 bridgehead atoms. The number of aliphatic hydroxyl groups is 1. The van der Waals surface area contributed by atoms with Gasteiger partial charge in [0, 0.05) is 18.7 Å². The Bertz CT molecular complexity index is 355. The van der Waals surface area contributed by atoms with Crippen molar-refractivity contribution in [3.05, 3.63) is 29.6 Å². The number of halogens is 1. The number of ether oxygens (including phenoxy) is 1. The fraction of sp³-hybridized carbons (Fsp3) is 0.538. The van der Waals surface area contributed by atoms with Crippen molar-refractivity contribution in [3.8, 4) is 5.75 Å². The SMILES string of the molecule is COc1cccc(CN(C)CCC(C)O)c1F. The van der Waals surface area contributed by atoms with Gasteiger partial charge in [-0.2, -0.15) is 0 Å². The Morgan fingerprint density at radius 3 is 2.76 bits per heavy atom. The van der Waals surface area contributed by atoms with Gasteiger partial charge in [0.2, 0.25) is 0 Å². The fourth-order valence-electron chi connectivity index (χ4n) is 1.61. The Morgan fingerprint density at radius 2 is 2.18 bits per heavy atom. The lowest BCUT2D eigenvalue weighted by atomic mass is 10.2. The van der Waals surface area contributed by atoms with E-state index in [0.717, 1.165) is 6.54 Å². The van der Waals surface area contributed by atoms with Crippen LogP contribution in [-0.2, 0) is 6.54 Å². The van der Waals surface area contributed by atoms with Crippen LogP contribution >= 0.6 is 0 Å². The molecule has 17 heavy (non-hydrogen) atoms. The van der Waals surface area contributed by atoms with E-state index in [9.17, 15) is 9.50 Å². The van der Waals surface area contributed by atoms with Crippen LogP contribution in [0.4, 0.5) is 4.39 Å². The largest absolute Gasteiger partial charge is 0.494 e. The molecule has 4 heteroatoms. The van der Waals surface area contributed by atoms with Crippen molar-refractivity contribution in [2.24, 2.45) is 0 Å². The van der Waals surface area contributed by atoms with Gasteiger partial charge in [0.25, 0.3) is 0 Å². The van der Waals surface area contributed by atoms with Crippen molar-refractivity contribution in [3.63, 3.8) is 0 Å². The molecule has 1 rings (SSSR count). The molecule has 0 fully saturated rings. The number of hydrogen-bond acceptors (Lipinski definition) is 3. The minimum atomic E-state index is -0.326. The minimum Gasteiger partial charge on any atom is -0.494 e. The van der Waals surface area contributed by atoms with Crippen molar-refractivity contribution >= 4 is 0 Å². The van der Waals surface area contributed by atoms with Crippen LogP contribution in [0.15, 0.2) is 18.2 Å². The van der Waals surface area contributed by atoms with Gasteiger partial charge in [0.1, 0.15) is 0 Å². The standard InChI is InChI=1S/C13H20FNO2/c1-10(16)7-8-15(2)9-11-5-4-6-12(17-3)13(11)14/h4-6,10,16H,7-9H2,1-3H3. The van der Waals surface area contributed by atoms with E-state index in [1.165, 1.54) is 7.11 Å². The van der Waals surface area contributed by atoms with Gasteiger partial charge in [-0.25, -0.2) is 4.39 Å². The van der Waals surface area contributed by atoms with Crippen LogP contribution in [0, 0.1) is 5.82 Å². The monoisotopic (exact) mass is 241 g/mol. The molecular weight excluding hydrogens is 221 g/mol. The molecule has 0 aliphatic heterocycles. The highest BCUT2D eigenvalue weighted by molar-refractivity contribution is 5.30. The topological polar surface area (TPSA) is 32.7 Å². The van der Waals surface area contributed by atoms with Crippen LogP contribution in [-0.4, -0.2) is 36.8 Å². The smallest absolute Gasteiger partial charge is 0.169 e. The van der Waals surface area contributed by atoms with Crippen LogP contribution in [0.2, 0.25) is 0 Å². The number of nitrogens with zero attached hydrogens (tertiary/aromatic N) is 1. The summed E-state index contributed by atoms with van der Waals surface area (Å²) in [6.45, 7) is 2.99. The zero-order valence-corrected chi connectivity index (χ0v) is 10.6. The van der Waals surface area contributed by atoms with Crippen molar-refractivity contribution in [2.45, 2.75) is 26.0 Å². The summed E-state index contributed by atoms with van der Waals surface area (Å²) in [5.41, 5.74) is 0.609. The molecule has 1 aromatic carbocycles. The van der Waals surface area contributed by atoms with Crippen molar-refractivity contribution in [1.82, 2.24) is 4.90 Å². The van der Waals surface area contributed by atoms with Crippen molar-refractivity contribution in [1.29, 1.82) is 0 Å². The van der Waals surface area contributed by atoms with Gasteiger partial charge in [-0.1, -0.05) is 12.1 Å². The average molecular weight is 241 g/mol. The van der Waals surface area contributed by atoms with E-state index >= 15 is 0 Å². The Labute approximate surface area is 102 Å². The first-order chi connectivity index (χ1) is 8.04. The molecule has 0 aromatic heterocycles. The molecule has 0 spiro atoms. The average Bonchev–Trinajstić information content (AvgIpc) is 2.29. The summed E-state index contributed by atoms with van der Waals surface area (Å²) in [5.74, 6) is -0.0367. The van der Waals surface area contributed by atoms with Gasteiger partial charge < -0.3 is 14.7 Å². The second kappa shape index (κ2) is 6.57. The quantitative estimate of drug-likeness (QED) is 0.827. The Kier molecular flexibility index (Phi) is 5.38. The summed E-state index contributed by atoms with van der Waals surface area (Å²) in [7, 11) is 3.36. The van der Waals surface area contributed by atoms with E-state index in [1.807, 2.05) is 11.9 Å². The third kappa shape index (κ3) is 4.32. The highest BCUT2D eigenvalue weighted by atomic mass is 19.1. The molecule has 0 radical (unpaired) electrons. The lowest BCUT2D eigenvalue weighted by Gasteiger charge is -2.18. The molecule has 0 amide bonds. The molecule has 1 atom stereocenters. The lowest BCUT2D eigenvalue weighted by molar-refractivity contribution is 0.162. The zero-order chi connectivity index (χ0) is 12.8. The maximum atomic E-state index is 13.8. The second-order valence-corrected chi connectivity index (χ2v) is 4.31. The van der Waals surface area contributed by atoms with Crippen LogP contribution in [0.25, 0.3) is 0 Å². The molecule has 0 heterocycles. The highest BCUT2D eigenvalue weighted by Gasteiger charge is 2.10. The van der Waals surface area contributed by atoms with E-state index in [0.29, 0.717) is 18.5 Å². The lowest BCUT2D eigenvalue weighted by Crippen LogP contribution is -2.22. The molecule has 0 aliphatic rings.